The highest BCUT2D eigenvalue weighted by Gasteiger charge is 2.22. The lowest BCUT2D eigenvalue weighted by Gasteiger charge is -2.29. The first-order chi connectivity index (χ1) is 14.0. The summed E-state index contributed by atoms with van der Waals surface area (Å²) in [6.45, 7) is 1.64. The minimum Gasteiger partial charge on any atom is -0.476 e. The number of nitrogens with zero attached hydrogens (tertiary/aromatic N) is 1. The number of likely N-dealkylation sites (tertiary alicyclic amines) is 1. The van der Waals surface area contributed by atoms with Gasteiger partial charge in [-0.1, -0.05) is 6.08 Å². The molecule has 0 saturated carbocycles. The number of hydrogen-bond acceptors (Lipinski definition) is 6. The molecule has 0 spiro atoms. The lowest BCUT2D eigenvalue weighted by atomic mass is 10.1. The SMILES string of the molecule is CN1CCC(NC(=O)COc2c(-c3ccc(Br)o3)oc3c(c2=O)=CCCC=3)CC1. The molecule has 1 fully saturated rings. The molecule has 0 unspecified atom stereocenters. The number of rotatable bonds is 5. The fraction of sp³-hybridized carbons (Fsp3) is 0.429. The summed E-state index contributed by atoms with van der Waals surface area (Å²) in [5, 5.41) is 3.46. The number of nitrogens with one attached hydrogen (secondary N) is 1. The van der Waals surface area contributed by atoms with Gasteiger partial charge >= 0.3 is 0 Å². The van der Waals surface area contributed by atoms with Crippen molar-refractivity contribution < 1.29 is 18.4 Å². The zero-order valence-electron chi connectivity index (χ0n) is 16.2. The van der Waals surface area contributed by atoms with Gasteiger partial charge in [-0.15, -0.1) is 0 Å². The number of carbonyl (C=O) groups excluding carboxylic acids is 1. The maximum absolute atomic E-state index is 13.0. The number of piperidine rings is 1. The summed E-state index contributed by atoms with van der Waals surface area (Å²) in [4.78, 5) is 27.7. The number of ether oxygens (including phenoxy) is 1. The topological polar surface area (TPSA) is 84.9 Å². The molecule has 0 radical (unpaired) electrons. The van der Waals surface area contributed by atoms with Crippen LogP contribution in [0.1, 0.15) is 25.7 Å². The Hall–Kier alpha value is -2.32. The molecule has 1 aliphatic carbocycles. The molecule has 7 nitrogen and oxygen atoms in total. The molecule has 0 aromatic carbocycles. The van der Waals surface area contributed by atoms with Crippen LogP contribution in [0.3, 0.4) is 0 Å². The minimum absolute atomic E-state index is 0.00400. The normalized spacial score (nSPS) is 17.2. The van der Waals surface area contributed by atoms with Crippen LogP contribution in [-0.4, -0.2) is 43.6 Å². The van der Waals surface area contributed by atoms with Crippen LogP contribution in [0.5, 0.6) is 5.75 Å². The molecule has 0 atom stereocenters. The van der Waals surface area contributed by atoms with Gasteiger partial charge in [0.2, 0.25) is 16.9 Å². The Morgan fingerprint density at radius 2 is 2.00 bits per heavy atom. The highest BCUT2D eigenvalue weighted by atomic mass is 79.9. The van der Waals surface area contributed by atoms with Crippen LogP contribution < -0.4 is 26.1 Å². The molecule has 1 amide bonds. The molecule has 8 heteroatoms. The Kier molecular flexibility index (Phi) is 5.91. The minimum atomic E-state index is -0.295. The van der Waals surface area contributed by atoms with Gasteiger partial charge in [-0.25, -0.2) is 0 Å². The third kappa shape index (κ3) is 4.48. The van der Waals surface area contributed by atoms with Gasteiger partial charge in [-0.3, -0.25) is 9.59 Å². The number of halogens is 1. The van der Waals surface area contributed by atoms with Crippen LogP contribution in [-0.2, 0) is 4.79 Å². The molecule has 2 aromatic heterocycles. The highest BCUT2D eigenvalue weighted by Crippen LogP contribution is 2.29. The average molecular weight is 463 g/mol. The Balaban J connectivity index is 1.58. The molecule has 29 heavy (non-hydrogen) atoms. The van der Waals surface area contributed by atoms with Crippen molar-refractivity contribution in [3.63, 3.8) is 0 Å². The highest BCUT2D eigenvalue weighted by molar-refractivity contribution is 9.10. The predicted octanol–water partition coefficient (Wildman–Crippen LogP) is 1.61. The predicted molar refractivity (Wildman–Crippen MR) is 112 cm³/mol. The van der Waals surface area contributed by atoms with Crippen LogP contribution >= 0.6 is 15.9 Å². The molecular formula is C21H23BrN2O5. The van der Waals surface area contributed by atoms with Crippen LogP contribution in [0.4, 0.5) is 0 Å². The van der Waals surface area contributed by atoms with Crippen LogP contribution in [0, 0.1) is 0 Å². The Labute approximate surface area is 176 Å². The summed E-state index contributed by atoms with van der Waals surface area (Å²) in [5.41, 5.74) is 0.212. The van der Waals surface area contributed by atoms with Crippen molar-refractivity contribution in [1.82, 2.24) is 10.2 Å². The molecular weight excluding hydrogens is 440 g/mol. The number of carbonyl (C=O) groups is 1. The van der Waals surface area contributed by atoms with Crippen molar-refractivity contribution in [1.29, 1.82) is 0 Å². The second-order valence-corrected chi connectivity index (χ2v) is 8.17. The maximum atomic E-state index is 13.0. The van der Waals surface area contributed by atoms with Crippen molar-refractivity contribution in [2.45, 2.75) is 31.7 Å². The van der Waals surface area contributed by atoms with Gasteiger partial charge in [0, 0.05) is 6.04 Å². The van der Waals surface area contributed by atoms with E-state index < -0.39 is 0 Å². The largest absolute Gasteiger partial charge is 0.476 e. The van der Waals surface area contributed by atoms with E-state index in [1.807, 2.05) is 12.2 Å². The molecule has 2 aromatic rings. The number of furan rings is 1. The third-order valence-corrected chi connectivity index (χ3v) is 5.63. The second kappa shape index (κ2) is 8.59. The van der Waals surface area contributed by atoms with Gasteiger partial charge in [0.25, 0.3) is 5.91 Å². The van der Waals surface area contributed by atoms with Crippen LogP contribution in [0.15, 0.2) is 30.4 Å². The molecule has 3 heterocycles. The van der Waals surface area contributed by atoms with Gasteiger partial charge in [0.1, 0.15) is 5.42 Å². The van der Waals surface area contributed by atoms with Gasteiger partial charge in [-0.05, 0) is 80.0 Å². The number of fused-ring (bicyclic) bond motifs is 1. The smallest absolute Gasteiger partial charge is 0.258 e. The molecule has 1 saturated heterocycles. The zero-order chi connectivity index (χ0) is 20.4. The molecule has 0 bridgehead atoms. The van der Waals surface area contributed by atoms with Crippen molar-refractivity contribution in [3.05, 3.63) is 37.7 Å². The fourth-order valence-corrected chi connectivity index (χ4v) is 3.93. The van der Waals surface area contributed by atoms with Gasteiger partial charge < -0.3 is 23.8 Å². The van der Waals surface area contributed by atoms with E-state index in [1.165, 1.54) is 0 Å². The summed E-state index contributed by atoms with van der Waals surface area (Å²) in [7, 11) is 2.07. The third-order valence-electron chi connectivity index (χ3n) is 5.21. The lowest BCUT2D eigenvalue weighted by molar-refractivity contribution is -0.124. The van der Waals surface area contributed by atoms with Crippen molar-refractivity contribution in [3.8, 4) is 17.3 Å². The monoisotopic (exact) mass is 462 g/mol. The quantitative estimate of drug-likeness (QED) is 0.726. The van der Waals surface area contributed by atoms with Crippen LogP contribution in [0.25, 0.3) is 23.7 Å². The van der Waals surface area contributed by atoms with E-state index in [0.717, 1.165) is 38.8 Å². The maximum Gasteiger partial charge on any atom is 0.258 e. The summed E-state index contributed by atoms with van der Waals surface area (Å²) in [6, 6.07) is 3.53. The van der Waals surface area contributed by atoms with E-state index in [9.17, 15) is 9.59 Å². The van der Waals surface area contributed by atoms with Gasteiger partial charge in [0.05, 0.1) is 5.22 Å². The Morgan fingerprint density at radius 3 is 2.72 bits per heavy atom. The molecule has 154 valence electrons. The summed E-state index contributed by atoms with van der Waals surface area (Å²) in [5.74, 6) is 0.300. The molecule has 1 aliphatic heterocycles. The molecule has 4 rings (SSSR count). The summed E-state index contributed by atoms with van der Waals surface area (Å²) in [6.07, 6.45) is 7.10. The first-order valence-electron chi connectivity index (χ1n) is 9.75. The van der Waals surface area contributed by atoms with E-state index in [0.29, 0.717) is 21.1 Å². The molecule has 1 N–H and O–H groups in total. The summed E-state index contributed by atoms with van der Waals surface area (Å²) >= 11 is 3.26. The van der Waals surface area contributed by atoms with Crippen molar-refractivity contribution in [2.24, 2.45) is 0 Å². The van der Waals surface area contributed by atoms with Crippen LogP contribution in [0.2, 0.25) is 0 Å². The summed E-state index contributed by atoms with van der Waals surface area (Å²) < 4.78 is 17.7. The first-order valence-corrected chi connectivity index (χ1v) is 10.5. The van der Waals surface area contributed by atoms with E-state index in [4.69, 9.17) is 13.6 Å². The van der Waals surface area contributed by atoms with Crippen molar-refractivity contribution >= 4 is 34.0 Å². The first kappa shape index (κ1) is 20.0. The van der Waals surface area contributed by atoms with Gasteiger partial charge in [0.15, 0.2) is 17.0 Å². The number of amides is 1. The Bertz CT molecular complexity index is 1080. The van der Waals surface area contributed by atoms with E-state index >= 15 is 0 Å². The van der Waals surface area contributed by atoms with Crippen molar-refractivity contribution in [2.75, 3.05) is 26.7 Å². The van der Waals surface area contributed by atoms with E-state index in [2.05, 4.69) is 33.2 Å². The number of hydrogen-bond donors (Lipinski definition) is 1. The van der Waals surface area contributed by atoms with Gasteiger partial charge in [-0.2, -0.15) is 0 Å². The van der Waals surface area contributed by atoms with E-state index in [1.54, 1.807) is 12.1 Å². The molecule has 2 aliphatic rings. The zero-order valence-corrected chi connectivity index (χ0v) is 17.8. The standard InChI is InChI=1S/C21H23BrN2O5/c1-24-10-8-13(9-11-24)23-18(25)12-27-21-19(26)14-4-2-3-5-15(14)29-20(21)16-6-7-17(22)28-16/h4-7,13H,2-3,8-12H2,1H3,(H,23,25). The second-order valence-electron chi connectivity index (χ2n) is 7.39. The average Bonchev–Trinajstić information content (AvgIpc) is 3.15. The fourth-order valence-electron chi connectivity index (χ4n) is 3.63. The van der Waals surface area contributed by atoms with E-state index in [-0.39, 0.29) is 35.5 Å². The Morgan fingerprint density at radius 1 is 1.24 bits per heavy atom. The lowest BCUT2D eigenvalue weighted by Crippen LogP contribution is -2.45.